The molecule has 0 bridgehead atoms. The number of aryl methyl sites for hydroxylation is 1. The van der Waals surface area contributed by atoms with E-state index >= 15 is 0 Å². The van der Waals surface area contributed by atoms with Crippen LogP contribution in [0.15, 0.2) is 53.4 Å². The fraction of sp³-hybridized carbons (Fsp3) is 0.250. The average Bonchev–Trinajstić information content (AvgIpc) is 2.64. The van der Waals surface area contributed by atoms with Gasteiger partial charge in [-0.25, -0.2) is 8.42 Å². The molecule has 0 heterocycles. The lowest BCUT2D eigenvalue weighted by Gasteiger charge is -2.18. The second kappa shape index (κ2) is 9.17. The van der Waals surface area contributed by atoms with Crippen LogP contribution in [0.2, 0.25) is 5.02 Å². The van der Waals surface area contributed by atoms with Gasteiger partial charge < -0.3 is 5.32 Å². The minimum Gasteiger partial charge on any atom is -0.322 e. The van der Waals surface area contributed by atoms with Gasteiger partial charge in [-0.15, -0.1) is 0 Å². The molecule has 0 unspecified atom stereocenters. The maximum Gasteiger partial charge on any atom is 0.248 e. The van der Waals surface area contributed by atoms with E-state index in [0.29, 0.717) is 23.8 Å². The summed E-state index contributed by atoms with van der Waals surface area (Å²) in [6.45, 7) is 6.33. The number of rotatable bonds is 7. The molecular formula is C20H23ClN2O3S. The molecule has 0 aromatic heterocycles. The minimum absolute atomic E-state index is 0.238. The number of nitrogens with zero attached hydrogens (tertiary/aromatic N) is 1. The minimum atomic E-state index is -3.48. The lowest BCUT2D eigenvalue weighted by atomic mass is 10.2. The van der Waals surface area contributed by atoms with Crippen LogP contribution in [0.1, 0.15) is 25.0 Å². The second-order valence-electron chi connectivity index (χ2n) is 5.94. The number of hydrogen-bond acceptors (Lipinski definition) is 3. The van der Waals surface area contributed by atoms with Crippen molar-refractivity contribution in [2.24, 2.45) is 0 Å². The van der Waals surface area contributed by atoms with Crippen LogP contribution in [-0.2, 0) is 14.8 Å². The Labute approximate surface area is 165 Å². The van der Waals surface area contributed by atoms with Gasteiger partial charge in [0.1, 0.15) is 0 Å². The monoisotopic (exact) mass is 406 g/mol. The van der Waals surface area contributed by atoms with Crippen LogP contribution >= 0.6 is 11.6 Å². The highest BCUT2D eigenvalue weighted by Gasteiger charge is 2.20. The van der Waals surface area contributed by atoms with Crippen molar-refractivity contribution in [2.45, 2.75) is 25.7 Å². The third-order valence-electron chi connectivity index (χ3n) is 4.09. The number of nitrogens with one attached hydrogen (secondary N) is 1. The van der Waals surface area contributed by atoms with E-state index in [1.165, 1.54) is 10.4 Å². The maximum atomic E-state index is 12.5. The summed E-state index contributed by atoms with van der Waals surface area (Å²) in [6.07, 6.45) is 3.01. The molecule has 7 heteroatoms. The van der Waals surface area contributed by atoms with E-state index in [9.17, 15) is 13.2 Å². The fourth-order valence-corrected chi connectivity index (χ4v) is 4.13. The van der Waals surface area contributed by atoms with Gasteiger partial charge in [0.15, 0.2) is 0 Å². The molecule has 0 saturated carbocycles. The summed E-state index contributed by atoms with van der Waals surface area (Å²) in [6, 6.07) is 11.7. The standard InChI is InChI=1S/C20H23ClN2O3S/c1-4-23(5-2)27(25,26)18-11-7-16(8-12-18)9-13-20(24)22-17-10-6-15(3)19(21)14-17/h6-14H,4-5H2,1-3H3,(H,22,24). The molecule has 0 aliphatic heterocycles. The zero-order valence-corrected chi connectivity index (χ0v) is 17.1. The highest BCUT2D eigenvalue weighted by atomic mass is 35.5. The van der Waals surface area contributed by atoms with Gasteiger partial charge in [-0.2, -0.15) is 4.31 Å². The molecule has 2 rings (SSSR count). The first-order valence-corrected chi connectivity index (χ1v) is 10.4. The summed E-state index contributed by atoms with van der Waals surface area (Å²) < 4.78 is 26.3. The lowest BCUT2D eigenvalue weighted by Crippen LogP contribution is -2.30. The predicted octanol–water partition coefficient (Wildman–Crippen LogP) is 4.33. The van der Waals surface area contributed by atoms with Crippen LogP contribution < -0.4 is 5.32 Å². The van der Waals surface area contributed by atoms with Crippen molar-refractivity contribution in [2.75, 3.05) is 18.4 Å². The Hall–Kier alpha value is -2.15. The Morgan fingerprint density at radius 2 is 1.74 bits per heavy atom. The number of halogens is 1. The number of benzene rings is 2. The molecule has 1 N–H and O–H groups in total. The van der Waals surface area contributed by atoms with Crippen molar-refractivity contribution in [3.8, 4) is 0 Å². The van der Waals surface area contributed by atoms with Crippen molar-refractivity contribution in [3.05, 3.63) is 64.7 Å². The maximum absolute atomic E-state index is 12.5. The quantitative estimate of drug-likeness (QED) is 0.696. The Morgan fingerprint density at radius 1 is 1.11 bits per heavy atom. The number of carbonyl (C=O) groups excluding carboxylic acids is 1. The molecule has 27 heavy (non-hydrogen) atoms. The summed E-state index contributed by atoms with van der Waals surface area (Å²) in [5.74, 6) is -0.297. The van der Waals surface area contributed by atoms with Gasteiger partial charge in [-0.1, -0.05) is 43.6 Å². The molecule has 2 aromatic rings. The summed E-state index contributed by atoms with van der Waals surface area (Å²) in [7, 11) is -3.48. The van der Waals surface area contributed by atoms with Crippen LogP contribution in [0.25, 0.3) is 6.08 Å². The summed E-state index contributed by atoms with van der Waals surface area (Å²) in [5, 5.41) is 3.32. The van der Waals surface area contributed by atoms with Gasteiger partial charge >= 0.3 is 0 Å². The Balaban J connectivity index is 2.07. The van der Waals surface area contributed by atoms with Gasteiger partial charge in [0.25, 0.3) is 0 Å². The molecule has 0 aliphatic rings. The molecule has 5 nitrogen and oxygen atoms in total. The van der Waals surface area contributed by atoms with Gasteiger partial charge in [0, 0.05) is 29.9 Å². The largest absolute Gasteiger partial charge is 0.322 e. The van der Waals surface area contributed by atoms with E-state index in [-0.39, 0.29) is 10.8 Å². The van der Waals surface area contributed by atoms with Crippen LogP contribution in [0.5, 0.6) is 0 Å². The Kier molecular flexibility index (Phi) is 7.18. The number of sulfonamides is 1. The van der Waals surface area contributed by atoms with Crippen molar-refractivity contribution >= 4 is 39.3 Å². The Bertz CT molecular complexity index is 934. The zero-order valence-electron chi connectivity index (χ0n) is 15.6. The van der Waals surface area contributed by atoms with Crippen LogP contribution in [0.3, 0.4) is 0 Å². The highest BCUT2D eigenvalue weighted by Crippen LogP contribution is 2.20. The molecule has 1 amide bonds. The number of amides is 1. The lowest BCUT2D eigenvalue weighted by molar-refractivity contribution is -0.111. The first kappa shape index (κ1) is 21.2. The Morgan fingerprint density at radius 3 is 2.30 bits per heavy atom. The molecule has 0 atom stereocenters. The van der Waals surface area contributed by atoms with Gasteiger partial charge in [0.2, 0.25) is 15.9 Å². The molecule has 0 fully saturated rings. The first-order chi connectivity index (χ1) is 12.8. The third kappa shape index (κ3) is 5.42. The first-order valence-electron chi connectivity index (χ1n) is 8.63. The van der Waals surface area contributed by atoms with Gasteiger partial charge in [-0.3, -0.25) is 4.79 Å². The van der Waals surface area contributed by atoms with E-state index in [2.05, 4.69) is 5.32 Å². The van der Waals surface area contributed by atoms with Crippen molar-refractivity contribution in [3.63, 3.8) is 0 Å². The third-order valence-corrected chi connectivity index (χ3v) is 6.56. The predicted molar refractivity (Wildman–Crippen MR) is 110 cm³/mol. The van der Waals surface area contributed by atoms with E-state index in [4.69, 9.17) is 11.6 Å². The molecule has 144 valence electrons. The van der Waals surface area contributed by atoms with E-state index in [1.807, 2.05) is 13.0 Å². The van der Waals surface area contributed by atoms with Crippen LogP contribution in [0.4, 0.5) is 5.69 Å². The van der Waals surface area contributed by atoms with Gasteiger partial charge in [0.05, 0.1) is 4.90 Å². The topological polar surface area (TPSA) is 66.5 Å². The molecule has 0 aliphatic carbocycles. The normalized spacial score (nSPS) is 11.9. The number of hydrogen-bond donors (Lipinski definition) is 1. The molecule has 0 radical (unpaired) electrons. The molecular weight excluding hydrogens is 384 g/mol. The van der Waals surface area contributed by atoms with Crippen molar-refractivity contribution < 1.29 is 13.2 Å². The van der Waals surface area contributed by atoms with Gasteiger partial charge in [-0.05, 0) is 48.4 Å². The number of carbonyl (C=O) groups is 1. The van der Waals surface area contributed by atoms with E-state index < -0.39 is 10.0 Å². The summed E-state index contributed by atoms with van der Waals surface area (Å²) in [5.41, 5.74) is 2.27. The molecule has 2 aromatic carbocycles. The average molecular weight is 407 g/mol. The zero-order chi connectivity index (χ0) is 20.0. The molecule has 0 spiro atoms. The number of anilines is 1. The van der Waals surface area contributed by atoms with Crippen molar-refractivity contribution in [1.82, 2.24) is 4.31 Å². The SMILES string of the molecule is CCN(CC)S(=O)(=O)c1ccc(C=CC(=O)Nc2ccc(C)c(Cl)c2)cc1. The second-order valence-corrected chi connectivity index (χ2v) is 8.29. The summed E-state index contributed by atoms with van der Waals surface area (Å²) in [4.78, 5) is 12.3. The van der Waals surface area contributed by atoms with Crippen molar-refractivity contribution in [1.29, 1.82) is 0 Å². The highest BCUT2D eigenvalue weighted by molar-refractivity contribution is 7.89. The smallest absolute Gasteiger partial charge is 0.248 e. The van der Waals surface area contributed by atoms with Crippen LogP contribution in [-0.4, -0.2) is 31.7 Å². The fourth-order valence-electron chi connectivity index (χ4n) is 2.49. The van der Waals surface area contributed by atoms with Crippen LogP contribution in [0, 0.1) is 6.92 Å². The van der Waals surface area contributed by atoms with E-state index in [0.717, 1.165) is 11.1 Å². The molecule has 0 saturated heterocycles. The van der Waals surface area contributed by atoms with E-state index in [1.54, 1.807) is 56.3 Å². The summed E-state index contributed by atoms with van der Waals surface area (Å²) >= 11 is 6.04.